The summed E-state index contributed by atoms with van der Waals surface area (Å²) in [6.07, 6.45) is 14.8. The third-order valence-electron chi connectivity index (χ3n) is 27.9. The molecule has 3 atom stereocenters. The Labute approximate surface area is 774 Å². The van der Waals surface area contributed by atoms with Crippen molar-refractivity contribution in [3.05, 3.63) is 399 Å². The first-order valence-electron chi connectivity index (χ1n) is 46.1. The molecule has 12 nitrogen and oxygen atoms in total. The van der Waals surface area contributed by atoms with Crippen LogP contribution in [0.15, 0.2) is 365 Å². The van der Waals surface area contributed by atoms with E-state index < -0.39 is 24.2 Å². The summed E-state index contributed by atoms with van der Waals surface area (Å²) in [5.74, 6) is 2.13. The minimum atomic E-state index is -2.87. The summed E-state index contributed by atoms with van der Waals surface area (Å²) in [7, 11) is -7.78. The number of pyridine rings is 6. The van der Waals surface area contributed by atoms with E-state index in [9.17, 15) is 0 Å². The Kier molecular flexibility index (Phi) is 21.2. The number of fused-ring (bicyclic) bond motifs is 9. The van der Waals surface area contributed by atoms with Crippen LogP contribution in [0.2, 0.25) is 39.3 Å². The number of nitrogens with zero attached hydrogens (tertiary/aromatic N) is 12. The zero-order chi connectivity index (χ0) is 89.5. The van der Waals surface area contributed by atoms with E-state index in [0.29, 0.717) is 36.7 Å². The maximum atomic E-state index is 5.53. The zero-order valence-electron chi connectivity index (χ0n) is 75.4. The Morgan fingerprint density at radius 3 is 0.712 bits per heavy atom. The second-order valence-electron chi connectivity index (χ2n) is 37.6. The van der Waals surface area contributed by atoms with Crippen LogP contribution in [0.3, 0.4) is 0 Å². The summed E-state index contributed by atoms with van der Waals surface area (Å²) >= 11 is 0. The molecule has 0 aliphatic carbocycles. The Hall–Kier alpha value is -15.0. The first-order valence-corrected chi connectivity index (χ1v) is 55.5. The van der Waals surface area contributed by atoms with Gasteiger partial charge in [0.15, 0.2) is 11.6 Å². The van der Waals surface area contributed by atoms with Gasteiger partial charge in [-0.25, -0.2) is 19.9 Å². The van der Waals surface area contributed by atoms with E-state index in [2.05, 4.69) is 407 Å². The topological polar surface area (TPSA) is 155 Å². The van der Waals surface area contributed by atoms with Crippen LogP contribution in [0.1, 0.15) is 72.3 Å². The minimum absolute atomic E-state index is 0.00921. The number of rotatable bonds is 21. The zero-order valence-corrected chi connectivity index (χ0v) is 78.6. The summed E-state index contributed by atoms with van der Waals surface area (Å²) in [4.78, 5) is 65.3. The molecule has 3 aliphatic rings. The molecule has 3 aliphatic heterocycles. The molecule has 0 saturated carbocycles. The molecule has 10 aromatic carbocycles. The normalized spacial score (nSPS) is 14.2. The molecule has 12 heterocycles. The number of hydrogen-bond donors (Lipinski definition) is 0. The van der Waals surface area contributed by atoms with Crippen molar-refractivity contribution in [1.29, 1.82) is 0 Å². The predicted molar refractivity (Wildman–Crippen MR) is 549 cm³/mol. The first-order chi connectivity index (χ1) is 64.4. The summed E-state index contributed by atoms with van der Waals surface area (Å²) in [6, 6.07) is 116. The first kappa shape index (κ1) is 82.7. The average Bonchev–Trinajstić information content (AvgIpc) is 1.58. The van der Waals surface area contributed by atoms with Crippen molar-refractivity contribution in [2.45, 2.75) is 97.1 Å². The molecule has 0 saturated heterocycles. The van der Waals surface area contributed by atoms with Crippen molar-refractivity contribution >= 4 is 55.3 Å². The van der Waals surface area contributed by atoms with E-state index in [1.807, 2.05) is 18.2 Å². The van der Waals surface area contributed by atoms with Crippen molar-refractivity contribution in [3.63, 3.8) is 0 Å². The number of aromatic nitrogens is 12. The predicted octanol–water partition coefficient (Wildman–Crippen LogP) is 23.6. The Morgan fingerprint density at radius 2 is 0.439 bits per heavy atom. The van der Waals surface area contributed by atoms with Gasteiger partial charge in [-0.3, -0.25) is 9.97 Å². The molecule has 132 heavy (non-hydrogen) atoms. The quantitative estimate of drug-likeness (QED) is 0.0629. The van der Waals surface area contributed by atoms with E-state index in [0.717, 1.165) is 180 Å². The standard InChI is InChI=1S/C117H97N12Si3/c1-73(55-88-109(76-37-19-10-20-38-76)124-115(82-49-31-16-32-50-82)125-110(88)77-39-21-11-22-40-77)97-61-103-91(67-118-97)94-70-121-100(64-106(94)130(103,4)5)85-58-86(101-65-107-95(71-122-101)92-68-119-98(62-104(92)131(107,6)7)74(2)56-89-111(78-41-23-12-24-42-78)126-116(83-51-33-17-34-52-83)127-112(89)79-43-25-13-26-44-79)60-87(59-85)102-66-108-96(72-123-102)93-69-120-99(63-105(93)132(108,8)9)75(3)57-90-113(80-45-27-14-28-46-80)128-117(84-53-35-18-36-54-84)129-114(90)81-47-29-15-30-48-81/h10-54,58-75,130H,55-57H2,1-9H3/q-1. The van der Waals surface area contributed by atoms with Crippen LogP contribution in [-0.2, 0) is 19.3 Å². The van der Waals surface area contributed by atoms with Gasteiger partial charge in [0, 0.05) is 67.7 Å². The van der Waals surface area contributed by atoms with Crippen molar-refractivity contribution in [3.8, 4) is 169 Å². The molecular formula is C117H97N12Si3-. The fraction of sp³-hybridized carbons (Fsp3) is 0.128. The van der Waals surface area contributed by atoms with Gasteiger partial charge in [-0.1, -0.05) is 202 Å². The maximum absolute atomic E-state index is 5.53. The van der Waals surface area contributed by atoms with Gasteiger partial charge in [0.05, 0.1) is 22.8 Å². The molecule has 15 heteroatoms. The SMILES string of the molecule is CC(Cc1c(-c2ccccc2)nc(-c2ccccc2)nc1-c1ccccc1)c1cc2c(cn1)-c1cnc(-c3cc(-c4cc5c(cn4)-c4cnc(C(C)Cc6c(-c7ccccc7)nc(-c7ccccc7)nc6-c6ccccc6)cc4[Si]5(C)C)cc(-c4cc5c(cn4)-c4cnc(C(C)Cc6c(-c7ccccc7)nc(-c7ccccc7)nc6-c6ccccc6)cc4[SiH-]5(C)C)c3)cc1[Si]2(C)C. The van der Waals surface area contributed by atoms with E-state index in [1.165, 1.54) is 36.7 Å². The van der Waals surface area contributed by atoms with Crippen molar-refractivity contribution < 1.29 is 0 Å². The van der Waals surface area contributed by atoms with Crippen molar-refractivity contribution in [2.24, 2.45) is 0 Å². The molecule has 0 bridgehead atoms. The van der Waals surface area contributed by atoms with Crippen LogP contribution in [0, 0.1) is 0 Å². The molecule has 0 radical (unpaired) electrons. The van der Waals surface area contributed by atoms with Crippen LogP contribution >= 0.6 is 0 Å². The van der Waals surface area contributed by atoms with E-state index in [-0.39, 0.29) is 17.8 Å². The van der Waals surface area contributed by atoms with Crippen molar-refractivity contribution in [2.75, 3.05) is 0 Å². The van der Waals surface area contributed by atoms with Gasteiger partial charge in [-0.2, -0.15) is 0 Å². The third kappa shape index (κ3) is 15.1. The summed E-state index contributed by atoms with van der Waals surface area (Å²) in [6.45, 7) is 22.0. The van der Waals surface area contributed by atoms with Gasteiger partial charge in [0.25, 0.3) is 0 Å². The summed E-state index contributed by atoms with van der Waals surface area (Å²) in [5.41, 5.74) is 33.9. The monoisotopic (exact) mass is 1750 g/mol. The van der Waals surface area contributed by atoms with Gasteiger partial charge in [0.1, 0.15) is 0 Å². The molecule has 22 rings (SSSR count). The molecule has 0 fully saturated rings. The molecule has 0 amide bonds. The molecular weight excluding hydrogens is 1660 g/mol. The molecule has 638 valence electrons. The third-order valence-corrected chi connectivity index (χ3v) is 39.0. The van der Waals surface area contributed by atoms with Gasteiger partial charge in [-0.05, 0) is 12.8 Å². The average molecular weight is 1760 g/mol. The fourth-order valence-electron chi connectivity index (χ4n) is 20.6. The molecule has 0 N–H and O–H groups in total. The van der Waals surface area contributed by atoms with Crippen LogP contribution in [0.25, 0.3) is 169 Å². The van der Waals surface area contributed by atoms with Crippen LogP contribution < -0.4 is 31.1 Å². The molecule has 9 aromatic heterocycles. The second-order valence-corrected chi connectivity index (χ2v) is 51.2. The van der Waals surface area contributed by atoms with Gasteiger partial charge in [0.2, 0.25) is 0 Å². The second kappa shape index (κ2) is 33.8. The van der Waals surface area contributed by atoms with Crippen molar-refractivity contribution in [1.82, 2.24) is 59.8 Å². The Bertz CT molecular complexity index is 6750. The van der Waals surface area contributed by atoms with Gasteiger partial charge in [-0.15, -0.1) is 0 Å². The van der Waals surface area contributed by atoms with Gasteiger partial charge >= 0.3 is 433 Å². The fourth-order valence-corrected chi connectivity index (χ4v) is 30.2. The molecule has 19 aromatic rings. The summed E-state index contributed by atoms with van der Waals surface area (Å²) < 4.78 is 0. The number of benzene rings is 10. The summed E-state index contributed by atoms with van der Waals surface area (Å²) in [5, 5.41) is 8.14. The van der Waals surface area contributed by atoms with E-state index >= 15 is 0 Å². The van der Waals surface area contributed by atoms with Crippen LogP contribution in [0.5, 0.6) is 0 Å². The van der Waals surface area contributed by atoms with Crippen LogP contribution in [0.4, 0.5) is 0 Å². The van der Waals surface area contributed by atoms with E-state index in [1.54, 1.807) is 0 Å². The molecule has 0 spiro atoms. The Morgan fingerprint density at radius 1 is 0.227 bits per heavy atom. The molecule has 3 unspecified atom stereocenters. The van der Waals surface area contributed by atoms with E-state index in [4.69, 9.17) is 59.8 Å². The van der Waals surface area contributed by atoms with Gasteiger partial charge < -0.3 is 0 Å². The number of hydrogen-bond acceptors (Lipinski definition) is 12. The Balaban J connectivity index is 0.619. The van der Waals surface area contributed by atoms with Crippen LogP contribution in [-0.4, -0.2) is 84.0 Å².